The highest BCUT2D eigenvalue weighted by molar-refractivity contribution is 5.97. The summed E-state index contributed by atoms with van der Waals surface area (Å²) >= 11 is 0. The zero-order chi connectivity index (χ0) is 15.3. The standard InChI is InChI=1S/C16H26N4O.2ClH/c1-3-9-16(2,17)15(21)19-13-7-8-14(18-12-13)20-10-5-4-6-11-20;;/h7-8,12H,3-6,9-11,17H2,1-2H3,(H,19,21);2*1H. The van der Waals surface area contributed by atoms with E-state index in [-0.39, 0.29) is 30.7 Å². The minimum atomic E-state index is -0.833. The molecule has 3 N–H and O–H groups in total. The number of piperidine rings is 1. The van der Waals surface area contributed by atoms with E-state index in [0.717, 1.165) is 25.3 Å². The number of hydrogen-bond donors (Lipinski definition) is 2. The van der Waals surface area contributed by atoms with Gasteiger partial charge in [-0.25, -0.2) is 4.98 Å². The van der Waals surface area contributed by atoms with E-state index in [2.05, 4.69) is 15.2 Å². The molecule has 23 heavy (non-hydrogen) atoms. The number of amides is 1. The molecule has 1 amide bonds. The fourth-order valence-electron chi connectivity index (χ4n) is 2.68. The summed E-state index contributed by atoms with van der Waals surface area (Å²) in [6.07, 6.45) is 7.01. The van der Waals surface area contributed by atoms with Gasteiger partial charge in [0.1, 0.15) is 5.82 Å². The first-order chi connectivity index (χ1) is 10.0. The van der Waals surface area contributed by atoms with Gasteiger partial charge >= 0.3 is 0 Å². The highest BCUT2D eigenvalue weighted by Gasteiger charge is 2.27. The number of pyridine rings is 1. The quantitative estimate of drug-likeness (QED) is 0.841. The van der Waals surface area contributed by atoms with Gasteiger partial charge < -0.3 is 16.0 Å². The predicted octanol–water partition coefficient (Wildman–Crippen LogP) is 3.37. The number of nitrogens with one attached hydrogen (secondary N) is 1. The molecule has 1 aliphatic rings. The largest absolute Gasteiger partial charge is 0.357 e. The fourth-order valence-corrected chi connectivity index (χ4v) is 2.68. The Morgan fingerprint density at radius 1 is 1.30 bits per heavy atom. The number of hydrogen-bond acceptors (Lipinski definition) is 4. The zero-order valence-electron chi connectivity index (χ0n) is 13.9. The van der Waals surface area contributed by atoms with Gasteiger partial charge in [-0.3, -0.25) is 4.79 Å². The van der Waals surface area contributed by atoms with Gasteiger partial charge in [0.2, 0.25) is 5.91 Å². The highest BCUT2D eigenvalue weighted by atomic mass is 35.5. The van der Waals surface area contributed by atoms with E-state index >= 15 is 0 Å². The Kier molecular flexibility index (Phi) is 9.51. The topological polar surface area (TPSA) is 71.2 Å². The van der Waals surface area contributed by atoms with Gasteiger partial charge in [-0.1, -0.05) is 13.3 Å². The van der Waals surface area contributed by atoms with Crippen LogP contribution in [0, 0.1) is 0 Å². The van der Waals surface area contributed by atoms with Gasteiger partial charge in [0.05, 0.1) is 17.4 Å². The number of anilines is 2. The van der Waals surface area contributed by atoms with Crippen LogP contribution in [-0.2, 0) is 4.79 Å². The molecule has 0 spiro atoms. The van der Waals surface area contributed by atoms with E-state index in [4.69, 9.17) is 5.73 Å². The second-order valence-corrected chi connectivity index (χ2v) is 6.07. The molecule has 1 aromatic heterocycles. The molecule has 1 unspecified atom stereocenters. The van der Waals surface area contributed by atoms with Crippen LogP contribution in [0.3, 0.4) is 0 Å². The maximum absolute atomic E-state index is 12.1. The average Bonchev–Trinajstić information content (AvgIpc) is 2.49. The van der Waals surface area contributed by atoms with Crippen molar-refractivity contribution in [1.82, 2.24) is 4.98 Å². The second kappa shape index (κ2) is 9.96. The molecule has 1 aliphatic heterocycles. The maximum Gasteiger partial charge on any atom is 0.244 e. The van der Waals surface area contributed by atoms with E-state index in [1.165, 1.54) is 19.3 Å². The Morgan fingerprint density at radius 2 is 1.96 bits per heavy atom. The van der Waals surface area contributed by atoms with E-state index < -0.39 is 5.54 Å². The Hall–Kier alpha value is -1.04. The summed E-state index contributed by atoms with van der Waals surface area (Å²) in [5.41, 5.74) is 5.89. The SMILES string of the molecule is CCCC(C)(N)C(=O)Nc1ccc(N2CCCCC2)nc1.Cl.Cl. The predicted molar refractivity (Wildman–Crippen MR) is 101 cm³/mol. The van der Waals surface area contributed by atoms with Crippen molar-refractivity contribution < 1.29 is 4.79 Å². The third-order valence-electron chi connectivity index (χ3n) is 3.97. The molecule has 0 saturated carbocycles. The van der Waals surface area contributed by atoms with Gasteiger partial charge in [0.15, 0.2) is 0 Å². The van der Waals surface area contributed by atoms with Crippen LogP contribution in [0.25, 0.3) is 0 Å². The van der Waals surface area contributed by atoms with Crippen LogP contribution in [0.4, 0.5) is 11.5 Å². The average molecular weight is 363 g/mol. The summed E-state index contributed by atoms with van der Waals surface area (Å²) in [4.78, 5) is 18.9. The molecule has 1 fully saturated rings. The molecule has 1 aromatic rings. The fraction of sp³-hybridized carbons (Fsp3) is 0.625. The van der Waals surface area contributed by atoms with Gasteiger partial charge in [-0.2, -0.15) is 0 Å². The molecule has 2 rings (SSSR count). The van der Waals surface area contributed by atoms with Crippen LogP contribution in [-0.4, -0.2) is 29.5 Å². The molecule has 0 radical (unpaired) electrons. The lowest BCUT2D eigenvalue weighted by Gasteiger charge is -2.28. The minimum absolute atomic E-state index is 0. The van der Waals surface area contributed by atoms with Crippen LogP contribution in [0.5, 0.6) is 0 Å². The molecule has 2 heterocycles. The van der Waals surface area contributed by atoms with Gasteiger partial charge in [-0.05, 0) is 44.7 Å². The highest BCUT2D eigenvalue weighted by Crippen LogP contribution is 2.19. The van der Waals surface area contributed by atoms with Crippen LogP contribution in [0.1, 0.15) is 46.0 Å². The van der Waals surface area contributed by atoms with Crippen molar-refractivity contribution >= 4 is 42.2 Å². The molecular weight excluding hydrogens is 335 g/mol. The van der Waals surface area contributed by atoms with Crippen molar-refractivity contribution in [2.45, 2.75) is 51.5 Å². The summed E-state index contributed by atoms with van der Waals surface area (Å²) in [5, 5.41) is 2.85. The third-order valence-corrected chi connectivity index (χ3v) is 3.97. The Bertz CT molecular complexity index is 473. The van der Waals surface area contributed by atoms with Gasteiger partial charge in [-0.15, -0.1) is 24.8 Å². The molecule has 1 saturated heterocycles. The molecule has 0 aromatic carbocycles. The monoisotopic (exact) mass is 362 g/mol. The number of carbonyl (C=O) groups is 1. The van der Waals surface area contributed by atoms with Crippen molar-refractivity contribution in [3.63, 3.8) is 0 Å². The van der Waals surface area contributed by atoms with Crippen molar-refractivity contribution in [1.29, 1.82) is 0 Å². The number of nitrogens with zero attached hydrogens (tertiary/aromatic N) is 2. The molecular formula is C16H28Cl2N4O. The lowest BCUT2D eigenvalue weighted by molar-refractivity contribution is -0.120. The molecule has 132 valence electrons. The van der Waals surface area contributed by atoms with Crippen LogP contribution < -0.4 is 16.0 Å². The summed E-state index contributed by atoms with van der Waals surface area (Å²) in [7, 11) is 0. The summed E-state index contributed by atoms with van der Waals surface area (Å²) in [6.45, 7) is 5.92. The van der Waals surface area contributed by atoms with Crippen molar-refractivity contribution in [3.8, 4) is 0 Å². The van der Waals surface area contributed by atoms with Crippen molar-refractivity contribution in [2.24, 2.45) is 5.73 Å². The Morgan fingerprint density at radius 3 is 2.48 bits per heavy atom. The number of nitrogens with two attached hydrogens (primary N) is 1. The molecule has 0 aliphatic carbocycles. The van der Waals surface area contributed by atoms with Gasteiger partial charge in [0.25, 0.3) is 0 Å². The number of rotatable bonds is 5. The second-order valence-electron chi connectivity index (χ2n) is 6.07. The van der Waals surface area contributed by atoms with E-state index in [1.807, 2.05) is 19.1 Å². The number of aromatic nitrogens is 1. The maximum atomic E-state index is 12.1. The molecule has 1 atom stereocenters. The van der Waals surface area contributed by atoms with Crippen molar-refractivity contribution in [2.75, 3.05) is 23.3 Å². The minimum Gasteiger partial charge on any atom is -0.357 e. The summed E-state index contributed by atoms with van der Waals surface area (Å²) in [5.74, 6) is 0.827. The first-order valence-electron chi connectivity index (χ1n) is 7.84. The van der Waals surface area contributed by atoms with Crippen molar-refractivity contribution in [3.05, 3.63) is 18.3 Å². The van der Waals surface area contributed by atoms with Crippen LogP contribution >= 0.6 is 24.8 Å². The Labute approximate surface area is 151 Å². The molecule has 0 bridgehead atoms. The number of halogens is 2. The van der Waals surface area contributed by atoms with E-state index in [9.17, 15) is 4.79 Å². The van der Waals surface area contributed by atoms with Gasteiger partial charge in [0, 0.05) is 13.1 Å². The van der Waals surface area contributed by atoms with Crippen LogP contribution in [0.15, 0.2) is 18.3 Å². The first-order valence-corrected chi connectivity index (χ1v) is 7.84. The Balaban J connectivity index is 0.00000242. The zero-order valence-corrected chi connectivity index (χ0v) is 15.5. The van der Waals surface area contributed by atoms with E-state index in [0.29, 0.717) is 12.1 Å². The number of carbonyl (C=O) groups excluding carboxylic acids is 1. The smallest absolute Gasteiger partial charge is 0.244 e. The summed E-state index contributed by atoms with van der Waals surface area (Å²) in [6, 6.07) is 3.87. The molecule has 7 heteroatoms. The molecule has 5 nitrogen and oxygen atoms in total. The third kappa shape index (κ3) is 6.16. The van der Waals surface area contributed by atoms with Crippen LogP contribution in [0.2, 0.25) is 0 Å². The van der Waals surface area contributed by atoms with E-state index in [1.54, 1.807) is 13.1 Å². The lowest BCUT2D eigenvalue weighted by atomic mass is 9.96. The first kappa shape index (κ1) is 22.0. The summed E-state index contributed by atoms with van der Waals surface area (Å²) < 4.78 is 0. The normalized spacial score (nSPS) is 16.6. The lowest BCUT2D eigenvalue weighted by Crippen LogP contribution is -2.48.